The molecule has 102 valence electrons. The van der Waals surface area contributed by atoms with Crippen LogP contribution >= 0.6 is 0 Å². The van der Waals surface area contributed by atoms with Crippen molar-refractivity contribution in [2.45, 2.75) is 6.04 Å². The molecule has 0 bridgehead atoms. The van der Waals surface area contributed by atoms with Crippen LogP contribution in [0.15, 0.2) is 109 Å². The third kappa shape index (κ3) is 3.22. The van der Waals surface area contributed by atoms with Gasteiger partial charge in [-0.05, 0) is 24.3 Å². The first-order chi connectivity index (χ1) is 10.4. The molecular formula is C20H17N. The lowest BCUT2D eigenvalue weighted by Gasteiger charge is -2.29. The molecule has 0 heterocycles. The number of anilines is 1. The fraction of sp³-hybridized carbons (Fsp3) is 0.0500. The first kappa shape index (κ1) is 13.2. The van der Waals surface area contributed by atoms with E-state index in [1.54, 1.807) is 0 Å². The van der Waals surface area contributed by atoms with Crippen molar-refractivity contribution in [2.24, 2.45) is 0 Å². The maximum Gasteiger partial charge on any atom is 0.0852 e. The van der Waals surface area contributed by atoms with Crippen molar-refractivity contribution in [1.82, 2.24) is 0 Å². The average molecular weight is 271 g/mol. The van der Waals surface area contributed by atoms with Crippen molar-refractivity contribution >= 4 is 5.69 Å². The highest BCUT2D eigenvalue weighted by Crippen LogP contribution is 2.25. The van der Waals surface area contributed by atoms with E-state index < -0.39 is 0 Å². The van der Waals surface area contributed by atoms with Crippen LogP contribution in [0, 0.1) is 0 Å². The van der Waals surface area contributed by atoms with Gasteiger partial charge in [0.1, 0.15) is 0 Å². The summed E-state index contributed by atoms with van der Waals surface area (Å²) >= 11 is 0. The van der Waals surface area contributed by atoms with E-state index in [2.05, 4.69) is 65.3 Å². The van der Waals surface area contributed by atoms with Gasteiger partial charge in [-0.1, -0.05) is 78.6 Å². The second kappa shape index (κ2) is 6.60. The molecule has 0 amide bonds. The molecule has 0 radical (unpaired) electrons. The Morgan fingerprint density at radius 3 is 2.24 bits per heavy atom. The Kier molecular flexibility index (Phi) is 4.16. The first-order valence-electron chi connectivity index (χ1n) is 7.11. The van der Waals surface area contributed by atoms with Gasteiger partial charge in [0.25, 0.3) is 0 Å². The molecule has 1 nitrogen and oxygen atoms in total. The summed E-state index contributed by atoms with van der Waals surface area (Å²) in [5.41, 5.74) is 5.56. The van der Waals surface area contributed by atoms with Crippen molar-refractivity contribution in [3.8, 4) is 0 Å². The largest absolute Gasteiger partial charge is 0.325 e. The lowest BCUT2D eigenvalue weighted by molar-refractivity contribution is 0.907. The SMILES string of the molecule is C1=CC=CC=CC=1N(c1ccccc1)C1C=CC=CC=C1. The van der Waals surface area contributed by atoms with Gasteiger partial charge in [-0.3, -0.25) is 0 Å². The summed E-state index contributed by atoms with van der Waals surface area (Å²) in [6, 6.07) is 10.6. The van der Waals surface area contributed by atoms with Crippen molar-refractivity contribution in [1.29, 1.82) is 0 Å². The summed E-state index contributed by atoms with van der Waals surface area (Å²) in [6.45, 7) is 0. The Morgan fingerprint density at radius 1 is 0.762 bits per heavy atom. The number of benzene rings is 1. The molecule has 1 aromatic rings. The van der Waals surface area contributed by atoms with Crippen LogP contribution in [-0.4, -0.2) is 6.04 Å². The lowest BCUT2D eigenvalue weighted by Crippen LogP contribution is -2.30. The number of allylic oxidation sites excluding steroid dienone is 8. The van der Waals surface area contributed by atoms with Gasteiger partial charge in [-0.2, -0.15) is 0 Å². The highest BCUT2D eigenvalue weighted by Gasteiger charge is 2.17. The third-order valence-electron chi connectivity index (χ3n) is 3.35. The third-order valence-corrected chi connectivity index (χ3v) is 3.35. The van der Waals surface area contributed by atoms with Crippen LogP contribution < -0.4 is 4.90 Å². The summed E-state index contributed by atoms with van der Waals surface area (Å²) in [6.07, 6.45) is 22.7. The van der Waals surface area contributed by atoms with Gasteiger partial charge in [0.2, 0.25) is 0 Å². The summed E-state index contributed by atoms with van der Waals surface area (Å²) in [5, 5.41) is 0. The van der Waals surface area contributed by atoms with Gasteiger partial charge in [-0.25, -0.2) is 0 Å². The predicted molar refractivity (Wildman–Crippen MR) is 90.0 cm³/mol. The van der Waals surface area contributed by atoms with Gasteiger partial charge in [-0.15, -0.1) is 0 Å². The van der Waals surface area contributed by atoms with Crippen LogP contribution in [0.25, 0.3) is 0 Å². The molecule has 2 aliphatic carbocycles. The number of para-hydroxylation sites is 1. The minimum absolute atomic E-state index is 0.168. The number of hydrogen-bond donors (Lipinski definition) is 0. The molecule has 0 aromatic heterocycles. The monoisotopic (exact) mass is 271 g/mol. The quantitative estimate of drug-likeness (QED) is 0.720. The molecule has 0 unspecified atom stereocenters. The highest BCUT2D eigenvalue weighted by molar-refractivity contribution is 5.58. The highest BCUT2D eigenvalue weighted by atomic mass is 15.2. The van der Waals surface area contributed by atoms with Crippen LogP contribution in [0.5, 0.6) is 0 Å². The standard InChI is InChI=1S/C20H17N/c1-2-7-13-18(12-6-1)21(20-16-10-5-11-17-20)19-14-8-3-4-9-15-19/h1-14,16-18H. The van der Waals surface area contributed by atoms with Gasteiger partial charge in [0.05, 0.1) is 11.7 Å². The van der Waals surface area contributed by atoms with E-state index in [1.807, 2.05) is 42.5 Å². The van der Waals surface area contributed by atoms with Crippen LogP contribution in [0.4, 0.5) is 5.69 Å². The van der Waals surface area contributed by atoms with Crippen molar-refractivity contribution in [3.05, 3.63) is 109 Å². The molecule has 1 aromatic carbocycles. The second-order valence-corrected chi connectivity index (χ2v) is 4.79. The predicted octanol–water partition coefficient (Wildman–Crippen LogP) is 4.71. The second-order valence-electron chi connectivity index (χ2n) is 4.79. The van der Waals surface area contributed by atoms with Gasteiger partial charge < -0.3 is 4.90 Å². The zero-order valence-corrected chi connectivity index (χ0v) is 11.8. The maximum atomic E-state index is 3.35. The van der Waals surface area contributed by atoms with E-state index in [4.69, 9.17) is 0 Å². The Hall–Kier alpha value is -2.76. The fourth-order valence-electron chi connectivity index (χ4n) is 2.38. The van der Waals surface area contributed by atoms with E-state index in [1.165, 1.54) is 0 Å². The number of hydrogen-bond acceptors (Lipinski definition) is 1. The van der Waals surface area contributed by atoms with Crippen LogP contribution in [0.3, 0.4) is 0 Å². The molecule has 0 saturated heterocycles. The average Bonchev–Trinajstić information content (AvgIpc) is 2.94. The Morgan fingerprint density at radius 2 is 1.48 bits per heavy atom. The zero-order valence-electron chi connectivity index (χ0n) is 11.8. The molecule has 0 N–H and O–H groups in total. The molecule has 3 rings (SSSR count). The molecule has 0 aliphatic heterocycles. The van der Waals surface area contributed by atoms with E-state index in [-0.39, 0.29) is 6.04 Å². The minimum atomic E-state index is 0.168. The molecule has 0 atom stereocenters. The van der Waals surface area contributed by atoms with E-state index >= 15 is 0 Å². The molecule has 0 saturated carbocycles. The molecular weight excluding hydrogens is 254 g/mol. The molecule has 2 aliphatic rings. The number of nitrogens with zero attached hydrogens (tertiary/aromatic N) is 1. The summed E-state index contributed by atoms with van der Waals surface area (Å²) in [5.74, 6) is 0. The van der Waals surface area contributed by atoms with Gasteiger partial charge >= 0.3 is 0 Å². The Balaban J connectivity index is 2.05. The van der Waals surface area contributed by atoms with Crippen molar-refractivity contribution < 1.29 is 0 Å². The van der Waals surface area contributed by atoms with Gasteiger partial charge in [0, 0.05) is 5.69 Å². The Labute approximate surface area is 125 Å². The number of rotatable bonds is 3. The van der Waals surface area contributed by atoms with Crippen LogP contribution in [-0.2, 0) is 0 Å². The van der Waals surface area contributed by atoms with E-state index in [0.717, 1.165) is 11.4 Å². The summed E-state index contributed by atoms with van der Waals surface area (Å²) in [4.78, 5) is 2.28. The smallest absolute Gasteiger partial charge is 0.0852 e. The van der Waals surface area contributed by atoms with E-state index in [0.29, 0.717) is 0 Å². The van der Waals surface area contributed by atoms with Crippen LogP contribution in [0.2, 0.25) is 0 Å². The van der Waals surface area contributed by atoms with Gasteiger partial charge in [0.15, 0.2) is 0 Å². The molecule has 1 heteroatoms. The summed E-state index contributed by atoms with van der Waals surface area (Å²) < 4.78 is 0. The topological polar surface area (TPSA) is 3.24 Å². The van der Waals surface area contributed by atoms with Crippen molar-refractivity contribution in [3.63, 3.8) is 0 Å². The molecule has 0 fully saturated rings. The zero-order chi connectivity index (χ0) is 14.3. The lowest BCUT2D eigenvalue weighted by atomic mass is 10.1. The molecule has 21 heavy (non-hydrogen) atoms. The van der Waals surface area contributed by atoms with E-state index in [9.17, 15) is 0 Å². The van der Waals surface area contributed by atoms with Crippen molar-refractivity contribution in [2.75, 3.05) is 4.90 Å². The first-order valence-corrected chi connectivity index (χ1v) is 7.11. The summed E-state index contributed by atoms with van der Waals surface area (Å²) in [7, 11) is 0. The minimum Gasteiger partial charge on any atom is -0.325 e. The normalized spacial score (nSPS) is 16.7. The fourth-order valence-corrected chi connectivity index (χ4v) is 2.38. The maximum absolute atomic E-state index is 3.35. The molecule has 0 spiro atoms. The van der Waals surface area contributed by atoms with Crippen LogP contribution in [0.1, 0.15) is 0 Å². The Bertz CT molecular complexity index is 677.